The fourth-order valence-electron chi connectivity index (χ4n) is 2.22. The number of ether oxygens (including phenoxy) is 1. The van der Waals surface area contributed by atoms with Crippen LogP contribution in [0.25, 0.3) is 0 Å². The molecule has 0 spiro atoms. The summed E-state index contributed by atoms with van der Waals surface area (Å²) in [5.74, 6) is -2.02. The lowest BCUT2D eigenvalue weighted by Crippen LogP contribution is -2.41. The molecule has 0 saturated heterocycles. The second-order valence-corrected chi connectivity index (χ2v) is 6.32. The Morgan fingerprint density at radius 2 is 1.69 bits per heavy atom. The highest BCUT2D eigenvalue weighted by Crippen LogP contribution is 2.18. The molecule has 0 aliphatic heterocycles. The quantitative estimate of drug-likeness (QED) is 0.599. The van der Waals surface area contributed by atoms with Crippen LogP contribution < -0.4 is 16.0 Å². The first-order valence-electron chi connectivity index (χ1n) is 8.81. The molecule has 9 heteroatoms. The Bertz CT molecular complexity index is 899. The molecule has 0 atom stereocenters. The molecule has 8 nitrogen and oxygen atoms in total. The molecule has 3 N–H and O–H groups in total. The molecule has 2 aromatic rings. The van der Waals surface area contributed by atoms with Crippen molar-refractivity contribution in [2.75, 3.05) is 18.5 Å². The zero-order valence-electron chi connectivity index (χ0n) is 15.7. The number of hydrogen-bond acceptors (Lipinski definition) is 5. The number of imide groups is 1. The lowest BCUT2D eigenvalue weighted by Gasteiger charge is -2.11. The van der Waals surface area contributed by atoms with Gasteiger partial charge in [-0.1, -0.05) is 30.7 Å². The zero-order valence-corrected chi connectivity index (χ0v) is 16.4. The molecular formula is C20H20ClN3O5. The molecule has 0 aromatic heterocycles. The van der Waals surface area contributed by atoms with Gasteiger partial charge in [0.1, 0.15) is 0 Å². The van der Waals surface area contributed by atoms with Crippen molar-refractivity contribution in [1.82, 2.24) is 10.6 Å². The van der Waals surface area contributed by atoms with Gasteiger partial charge in [0.2, 0.25) is 0 Å². The number of rotatable bonds is 7. The zero-order chi connectivity index (χ0) is 21.2. The van der Waals surface area contributed by atoms with E-state index in [4.69, 9.17) is 16.3 Å². The largest absolute Gasteiger partial charge is 0.452 e. The summed E-state index contributed by atoms with van der Waals surface area (Å²) in [5, 5.41) is 7.63. The Kier molecular flexibility index (Phi) is 8.17. The van der Waals surface area contributed by atoms with Gasteiger partial charge in [-0.15, -0.1) is 0 Å². The molecule has 0 radical (unpaired) electrons. The van der Waals surface area contributed by atoms with E-state index in [1.165, 1.54) is 12.1 Å². The first kappa shape index (κ1) is 21.9. The Hall–Kier alpha value is -3.39. The van der Waals surface area contributed by atoms with Crippen molar-refractivity contribution >= 4 is 41.1 Å². The Balaban J connectivity index is 1.97. The van der Waals surface area contributed by atoms with E-state index in [1.54, 1.807) is 36.4 Å². The van der Waals surface area contributed by atoms with E-state index in [-0.39, 0.29) is 11.3 Å². The number of urea groups is 1. The first-order valence-corrected chi connectivity index (χ1v) is 9.19. The maximum absolute atomic E-state index is 12.4. The maximum Gasteiger partial charge on any atom is 0.340 e. The normalized spacial score (nSPS) is 10.0. The topological polar surface area (TPSA) is 114 Å². The van der Waals surface area contributed by atoms with Crippen LogP contribution in [-0.4, -0.2) is 37.0 Å². The highest BCUT2D eigenvalue weighted by Gasteiger charge is 2.17. The molecule has 0 heterocycles. The second kappa shape index (κ2) is 10.8. The summed E-state index contributed by atoms with van der Waals surface area (Å²) in [7, 11) is 0. The maximum atomic E-state index is 12.4. The van der Waals surface area contributed by atoms with Crippen LogP contribution in [-0.2, 0) is 9.53 Å². The number of esters is 1. The Morgan fingerprint density at radius 3 is 2.38 bits per heavy atom. The first-order chi connectivity index (χ1) is 13.9. The number of halogens is 1. The van der Waals surface area contributed by atoms with E-state index in [9.17, 15) is 19.2 Å². The van der Waals surface area contributed by atoms with Gasteiger partial charge < -0.3 is 15.4 Å². The lowest BCUT2D eigenvalue weighted by atomic mass is 10.1. The number of carbonyl (C=O) groups is 4. The summed E-state index contributed by atoms with van der Waals surface area (Å²) < 4.78 is 4.94. The predicted molar refractivity (Wildman–Crippen MR) is 108 cm³/mol. The fourth-order valence-corrected chi connectivity index (χ4v) is 2.35. The van der Waals surface area contributed by atoms with Crippen LogP contribution in [0.1, 0.15) is 34.1 Å². The van der Waals surface area contributed by atoms with E-state index < -0.39 is 30.4 Å². The summed E-state index contributed by atoms with van der Waals surface area (Å²) in [6, 6.07) is 11.8. The minimum absolute atomic E-state index is 0.0676. The van der Waals surface area contributed by atoms with Crippen LogP contribution in [0.5, 0.6) is 0 Å². The van der Waals surface area contributed by atoms with E-state index >= 15 is 0 Å². The third kappa shape index (κ3) is 6.93. The predicted octanol–water partition coefficient (Wildman–Crippen LogP) is 2.98. The third-order valence-corrected chi connectivity index (χ3v) is 3.88. The van der Waals surface area contributed by atoms with Crippen molar-refractivity contribution < 1.29 is 23.9 Å². The van der Waals surface area contributed by atoms with Crippen LogP contribution >= 0.6 is 11.6 Å². The monoisotopic (exact) mass is 417 g/mol. The van der Waals surface area contributed by atoms with Gasteiger partial charge in [0.15, 0.2) is 6.61 Å². The Labute approximate surface area is 172 Å². The minimum atomic E-state index is -0.818. The molecule has 152 valence electrons. The highest BCUT2D eigenvalue weighted by molar-refractivity contribution is 6.30. The number of benzene rings is 2. The average Bonchev–Trinajstić information content (AvgIpc) is 2.71. The van der Waals surface area contributed by atoms with Gasteiger partial charge >= 0.3 is 12.0 Å². The average molecular weight is 418 g/mol. The molecule has 0 aliphatic carbocycles. The number of nitrogens with one attached hydrogen (secondary N) is 3. The van der Waals surface area contributed by atoms with Gasteiger partial charge in [-0.2, -0.15) is 0 Å². The molecule has 0 fully saturated rings. The molecule has 2 rings (SSSR count). The van der Waals surface area contributed by atoms with Gasteiger partial charge in [-0.05, 0) is 42.8 Å². The molecule has 0 aliphatic rings. The lowest BCUT2D eigenvalue weighted by molar-refractivity contribution is -0.123. The van der Waals surface area contributed by atoms with Crippen LogP contribution in [0, 0.1) is 0 Å². The summed E-state index contributed by atoms with van der Waals surface area (Å²) >= 11 is 5.81. The second-order valence-electron chi connectivity index (χ2n) is 5.89. The SMILES string of the molecule is CCCNC(=O)NC(=O)COC(=O)c1ccccc1NC(=O)c1ccc(Cl)cc1. The number of carbonyl (C=O) groups excluding carboxylic acids is 4. The van der Waals surface area contributed by atoms with Crippen molar-refractivity contribution in [3.05, 3.63) is 64.7 Å². The van der Waals surface area contributed by atoms with Crippen LogP contribution in [0.2, 0.25) is 5.02 Å². The highest BCUT2D eigenvalue weighted by atomic mass is 35.5. The third-order valence-electron chi connectivity index (χ3n) is 3.62. The van der Waals surface area contributed by atoms with E-state index in [2.05, 4.69) is 10.6 Å². The number of anilines is 1. The molecular weight excluding hydrogens is 398 g/mol. The fraction of sp³-hybridized carbons (Fsp3) is 0.200. The smallest absolute Gasteiger partial charge is 0.340 e. The molecule has 2 aromatic carbocycles. The number of amides is 4. The summed E-state index contributed by atoms with van der Waals surface area (Å²) in [5.41, 5.74) is 0.645. The number of para-hydroxylation sites is 1. The van der Waals surface area contributed by atoms with Crippen LogP contribution in [0.3, 0.4) is 0 Å². The van der Waals surface area contributed by atoms with E-state index in [0.29, 0.717) is 17.1 Å². The van der Waals surface area contributed by atoms with Gasteiger partial charge in [0.25, 0.3) is 11.8 Å². The van der Waals surface area contributed by atoms with Crippen LogP contribution in [0.15, 0.2) is 48.5 Å². The van der Waals surface area contributed by atoms with Gasteiger partial charge in [-0.3, -0.25) is 14.9 Å². The molecule has 0 bridgehead atoms. The van der Waals surface area contributed by atoms with Crippen LogP contribution in [0.4, 0.5) is 10.5 Å². The molecule has 0 unspecified atom stereocenters. The van der Waals surface area contributed by atoms with E-state index in [0.717, 1.165) is 6.42 Å². The number of hydrogen-bond donors (Lipinski definition) is 3. The Morgan fingerprint density at radius 1 is 1.00 bits per heavy atom. The standard InChI is InChI=1S/C20H20ClN3O5/c1-2-11-22-20(28)24-17(25)12-29-19(27)15-5-3-4-6-16(15)23-18(26)13-7-9-14(21)10-8-13/h3-10H,2,11-12H2,1H3,(H,23,26)(H2,22,24,25,28). The van der Waals surface area contributed by atoms with Crippen molar-refractivity contribution in [2.24, 2.45) is 0 Å². The molecule has 4 amide bonds. The molecule has 29 heavy (non-hydrogen) atoms. The van der Waals surface area contributed by atoms with Crippen molar-refractivity contribution in [3.63, 3.8) is 0 Å². The van der Waals surface area contributed by atoms with Gasteiger partial charge in [0, 0.05) is 17.1 Å². The van der Waals surface area contributed by atoms with Crippen molar-refractivity contribution in [2.45, 2.75) is 13.3 Å². The molecule has 0 saturated carbocycles. The minimum Gasteiger partial charge on any atom is -0.452 e. The van der Waals surface area contributed by atoms with Crippen molar-refractivity contribution in [3.8, 4) is 0 Å². The summed E-state index contributed by atoms with van der Waals surface area (Å²) in [4.78, 5) is 47.8. The van der Waals surface area contributed by atoms with Gasteiger partial charge in [-0.25, -0.2) is 9.59 Å². The van der Waals surface area contributed by atoms with Crippen molar-refractivity contribution in [1.29, 1.82) is 0 Å². The summed E-state index contributed by atoms with van der Waals surface area (Å²) in [6.45, 7) is 1.64. The van der Waals surface area contributed by atoms with Gasteiger partial charge in [0.05, 0.1) is 11.3 Å². The summed E-state index contributed by atoms with van der Waals surface area (Å²) in [6.07, 6.45) is 0.717. The van der Waals surface area contributed by atoms with E-state index in [1.807, 2.05) is 12.2 Å².